The van der Waals surface area contributed by atoms with Gasteiger partial charge in [0.25, 0.3) is 5.91 Å². The van der Waals surface area contributed by atoms with Crippen LogP contribution in [-0.2, 0) is 6.42 Å². The fourth-order valence-corrected chi connectivity index (χ4v) is 1.42. The highest BCUT2D eigenvalue weighted by molar-refractivity contribution is 5.92. The summed E-state index contributed by atoms with van der Waals surface area (Å²) in [6.45, 7) is 3.08. The van der Waals surface area contributed by atoms with E-state index in [4.69, 9.17) is 5.11 Å². The Balaban J connectivity index is 2.52. The fraction of sp³-hybridized carbons (Fsp3) is 0.636. The molecular formula is C11H16F3N3O2. The first kappa shape index (κ1) is 15.5. The van der Waals surface area contributed by atoms with Crippen LogP contribution in [0.3, 0.4) is 0 Å². The lowest BCUT2D eigenvalue weighted by atomic mass is 10.1. The highest BCUT2D eigenvalue weighted by atomic mass is 19.4. The minimum Gasteiger partial charge on any atom is -0.382 e. The molecule has 0 saturated carbocycles. The van der Waals surface area contributed by atoms with Gasteiger partial charge >= 0.3 is 6.18 Å². The van der Waals surface area contributed by atoms with Crippen LogP contribution in [0, 0.1) is 5.92 Å². The molecule has 0 aliphatic heterocycles. The molecular weight excluding hydrogens is 263 g/mol. The number of rotatable bonds is 5. The summed E-state index contributed by atoms with van der Waals surface area (Å²) in [4.78, 5) is 11.5. The molecule has 0 unspecified atom stereocenters. The molecule has 108 valence electrons. The molecule has 5 nitrogen and oxygen atoms in total. The van der Waals surface area contributed by atoms with Gasteiger partial charge in [-0.2, -0.15) is 18.3 Å². The van der Waals surface area contributed by atoms with E-state index in [1.807, 2.05) is 19.2 Å². The number of hydrogen-bond acceptors (Lipinski definition) is 3. The molecule has 3 N–H and O–H groups in total. The van der Waals surface area contributed by atoms with E-state index in [1.165, 1.54) is 6.07 Å². The van der Waals surface area contributed by atoms with Crippen LogP contribution in [0.4, 0.5) is 13.2 Å². The minimum absolute atomic E-state index is 0.00465. The van der Waals surface area contributed by atoms with Crippen LogP contribution in [-0.4, -0.2) is 40.0 Å². The molecule has 1 aromatic rings. The summed E-state index contributed by atoms with van der Waals surface area (Å²) in [6.07, 6.45) is -6.64. The van der Waals surface area contributed by atoms with E-state index in [2.05, 4.69) is 10.2 Å². The predicted octanol–water partition coefficient (Wildman–Crippen LogP) is 1.26. The lowest BCUT2D eigenvalue weighted by Gasteiger charge is -2.14. The monoisotopic (exact) mass is 279 g/mol. The summed E-state index contributed by atoms with van der Waals surface area (Å²) >= 11 is 0. The van der Waals surface area contributed by atoms with Gasteiger partial charge in [-0.25, -0.2) is 0 Å². The van der Waals surface area contributed by atoms with Crippen molar-refractivity contribution in [2.75, 3.05) is 6.54 Å². The zero-order valence-electron chi connectivity index (χ0n) is 10.6. The lowest BCUT2D eigenvalue weighted by Crippen LogP contribution is -2.40. The van der Waals surface area contributed by atoms with Crippen molar-refractivity contribution in [2.45, 2.75) is 32.5 Å². The Morgan fingerprint density at radius 3 is 2.68 bits per heavy atom. The Kier molecular flexibility index (Phi) is 4.93. The topological polar surface area (TPSA) is 78.0 Å². The quantitative estimate of drug-likeness (QED) is 0.759. The Morgan fingerprint density at radius 2 is 2.16 bits per heavy atom. The fourth-order valence-electron chi connectivity index (χ4n) is 1.42. The summed E-state index contributed by atoms with van der Waals surface area (Å²) in [5.41, 5.74) is 0.738. The van der Waals surface area contributed by atoms with E-state index in [0.29, 0.717) is 12.3 Å². The molecule has 0 aliphatic rings. The maximum Gasteiger partial charge on any atom is 0.416 e. The molecule has 0 aromatic carbocycles. The van der Waals surface area contributed by atoms with Crippen LogP contribution in [0.2, 0.25) is 0 Å². The van der Waals surface area contributed by atoms with Gasteiger partial charge in [0.15, 0.2) is 6.10 Å². The van der Waals surface area contributed by atoms with Gasteiger partial charge in [-0.05, 0) is 18.4 Å². The number of carbonyl (C=O) groups excluding carboxylic acids is 1. The molecule has 0 saturated heterocycles. The largest absolute Gasteiger partial charge is 0.416 e. The second-order valence-electron chi connectivity index (χ2n) is 4.64. The van der Waals surface area contributed by atoms with Gasteiger partial charge in [0, 0.05) is 5.69 Å². The van der Waals surface area contributed by atoms with Crippen LogP contribution in [0.1, 0.15) is 30.0 Å². The van der Waals surface area contributed by atoms with Crippen LogP contribution in [0.25, 0.3) is 0 Å². The number of aromatic nitrogens is 2. The smallest absolute Gasteiger partial charge is 0.382 e. The Hall–Kier alpha value is -1.57. The maximum atomic E-state index is 12.0. The van der Waals surface area contributed by atoms with Crippen molar-refractivity contribution < 1.29 is 23.1 Å². The number of amides is 1. The van der Waals surface area contributed by atoms with Crippen LogP contribution < -0.4 is 5.32 Å². The predicted molar refractivity (Wildman–Crippen MR) is 61.5 cm³/mol. The van der Waals surface area contributed by atoms with Crippen LogP contribution in [0.5, 0.6) is 0 Å². The number of carbonyl (C=O) groups is 1. The van der Waals surface area contributed by atoms with E-state index in [-0.39, 0.29) is 5.69 Å². The molecule has 0 aliphatic carbocycles. The highest BCUT2D eigenvalue weighted by Gasteiger charge is 2.38. The minimum atomic E-state index is -4.75. The number of H-pyrrole nitrogens is 1. The van der Waals surface area contributed by atoms with Gasteiger partial charge < -0.3 is 10.4 Å². The number of nitrogens with zero attached hydrogens (tertiary/aromatic N) is 1. The number of aromatic amines is 1. The van der Waals surface area contributed by atoms with Crippen molar-refractivity contribution in [3.8, 4) is 0 Å². The molecule has 1 amide bonds. The SMILES string of the molecule is CC(C)Cc1cc(C(=O)NC[C@@H](O)C(F)(F)F)n[nH]1. The Bertz CT molecular complexity index is 429. The third kappa shape index (κ3) is 4.90. The number of hydrogen-bond donors (Lipinski definition) is 3. The molecule has 8 heteroatoms. The lowest BCUT2D eigenvalue weighted by molar-refractivity contribution is -0.201. The normalized spacial score (nSPS) is 13.6. The van der Waals surface area contributed by atoms with Crippen molar-refractivity contribution in [3.63, 3.8) is 0 Å². The van der Waals surface area contributed by atoms with Crippen molar-refractivity contribution in [1.29, 1.82) is 0 Å². The van der Waals surface area contributed by atoms with E-state index in [0.717, 1.165) is 5.69 Å². The molecule has 1 atom stereocenters. The van der Waals surface area contributed by atoms with Crippen molar-refractivity contribution in [3.05, 3.63) is 17.5 Å². The average Bonchev–Trinajstić information content (AvgIpc) is 2.71. The number of halogens is 3. The molecule has 1 rings (SSSR count). The molecule has 0 bridgehead atoms. The highest BCUT2D eigenvalue weighted by Crippen LogP contribution is 2.19. The van der Waals surface area contributed by atoms with Crippen LogP contribution in [0.15, 0.2) is 6.07 Å². The number of aliphatic hydroxyl groups is 1. The number of aliphatic hydroxyl groups excluding tert-OH is 1. The van der Waals surface area contributed by atoms with Gasteiger partial charge in [-0.15, -0.1) is 0 Å². The number of nitrogens with one attached hydrogen (secondary N) is 2. The summed E-state index contributed by atoms with van der Waals surface area (Å²) in [7, 11) is 0. The first-order valence-electron chi connectivity index (χ1n) is 5.77. The molecule has 0 spiro atoms. The average molecular weight is 279 g/mol. The third-order valence-electron chi connectivity index (χ3n) is 2.33. The molecule has 1 heterocycles. The molecule has 0 fully saturated rings. The van der Waals surface area contributed by atoms with E-state index in [1.54, 1.807) is 0 Å². The second-order valence-corrected chi connectivity index (χ2v) is 4.64. The molecule has 1 aromatic heterocycles. The van der Waals surface area contributed by atoms with Gasteiger partial charge in [0.05, 0.1) is 6.54 Å². The zero-order valence-corrected chi connectivity index (χ0v) is 10.6. The van der Waals surface area contributed by atoms with Gasteiger partial charge in [0.2, 0.25) is 0 Å². The second kappa shape index (κ2) is 6.05. The first-order valence-corrected chi connectivity index (χ1v) is 5.77. The summed E-state index contributed by atoms with van der Waals surface area (Å²) < 4.78 is 36.1. The zero-order chi connectivity index (χ0) is 14.6. The van der Waals surface area contributed by atoms with Crippen LogP contribution >= 0.6 is 0 Å². The molecule has 0 radical (unpaired) electrons. The first-order chi connectivity index (χ1) is 8.70. The Labute approximate surface area is 108 Å². The summed E-state index contributed by atoms with van der Waals surface area (Å²) in [5, 5.41) is 17.1. The summed E-state index contributed by atoms with van der Waals surface area (Å²) in [5.74, 6) is -0.391. The van der Waals surface area contributed by atoms with E-state index >= 15 is 0 Å². The van der Waals surface area contributed by atoms with Gasteiger partial charge in [-0.3, -0.25) is 9.89 Å². The van der Waals surface area contributed by atoms with Crippen molar-refractivity contribution in [1.82, 2.24) is 15.5 Å². The van der Waals surface area contributed by atoms with Crippen molar-refractivity contribution in [2.24, 2.45) is 5.92 Å². The number of alkyl halides is 3. The van der Waals surface area contributed by atoms with Gasteiger partial charge in [-0.1, -0.05) is 13.8 Å². The Morgan fingerprint density at radius 1 is 1.53 bits per heavy atom. The maximum absolute atomic E-state index is 12.0. The molecule has 19 heavy (non-hydrogen) atoms. The van der Waals surface area contributed by atoms with Gasteiger partial charge in [0.1, 0.15) is 5.69 Å². The van der Waals surface area contributed by atoms with E-state index < -0.39 is 24.7 Å². The third-order valence-corrected chi connectivity index (χ3v) is 2.33. The van der Waals surface area contributed by atoms with Crippen molar-refractivity contribution >= 4 is 5.91 Å². The standard InChI is InChI=1S/C11H16F3N3O2/c1-6(2)3-7-4-8(17-16-7)10(19)15-5-9(18)11(12,13)14/h4,6,9,18H,3,5H2,1-2H3,(H,15,19)(H,16,17)/t9-/m1/s1. The summed E-state index contributed by atoms with van der Waals surface area (Å²) in [6, 6.07) is 1.48. The van der Waals surface area contributed by atoms with E-state index in [9.17, 15) is 18.0 Å².